The summed E-state index contributed by atoms with van der Waals surface area (Å²) < 4.78 is 22.7. The number of nitrogens with zero attached hydrogens (tertiary/aromatic N) is 6. The van der Waals surface area contributed by atoms with Gasteiger partial charge in [0, 0.05) is 56.8 Å². The zero-order valence-corrected chi connectivity index (χ0v) is 29.0. The van der Waals surface area contributed by atoms with E-state index in [1.54, 1.807) is 6.07 Å². The number of hydrogen-bond donors (Lipinski definition) is 1. The Labute approximate surface area is 272 Å². The molecule has 7 nitrogen and oxygen atoms in total. The van der Waals surface area contributed by atoms with Crippen LogP contribution in [0.15, 0.2) is 24.5 Å². The van der Waals surface area contributed by atoms with Crippen molar-refractivity contribution in [3.63, 3.8) is 0 Å². The predicted octanol–water partition coefficient (Wildman–Crippen LogP) is 8.34. The summed E-state index contributed by atoms with van der Waals surface area (Å²) in [7, 11) is 2.01. The molecule has 0 saturated carbocycles. The molecule has 1 aliphatic rings. The molecule has 9 heteroatoms. The van der Waals surface area contributed by atoms with E-state index in [9.17, 15) is 5.11 Å². The van der Waals surface area contributed by atoms with Crippen molar-refractivity contribution in [3.8, 4) is 21.8 Å². The number of anilines is 1. The van der Waals surface area contributed by atoms with Crippen molar-refractivity contribution in [3.05, 3.63) is 58.2 Å². The molecule has 0 spiro atoms. The highest BCUT2D eigenvalue weighted by Gasteiger charge is 2.27. The Bertz CT molecular complexity index is 1680. The van der Waals surface area contributed by atoms with Crippen LogP contribution in [0.1, 0.15) is 81.3 Å². The lowest BCUT2D eigenvalue weighted by molar-refractivity contribution is 0.170. The minimum absolute atomic E-state index is 0.0573. The third-order valence-electron chi connectivity index (χ3n) is 9.61. The number of allylic oxidation sites excluding steroid dienone is 1. The monoisotopic (exact) mass is 632 g/mol. The van der Waals surface area contributed by atoms with Crippen LogP contribution in [-0.4, -0.2) is 61.1 Å². The van der Waals surface area contributed by atoms with Crippen LogP contribution in [-0.2, 0) is 26.3 Å². The highest BCUT2D eigenvalue weighted by molar-refractivity contribution is 7.09. The summed E-state index contributed by atoms with van der Waals surface area (Å²) in [5.74, 6) is 0.666. The van der Waals surface area contributed by atoms with Crippen LogP contribution in [0.5, 0.6) is 0 Å². The van der Waals surface area contributed by atoms with Crippen LogP contribution >= 0.6 is 11.5 Å². The molecule has 0 radical (unpaired) electrons. The van der Waals surface area contributed by atoms with Crippen molar-refractivity contribution in [2.75, 3.05) is 31.1 Å². The Morgan fingerprint density at radius 3 is 2.38 bits per heavy atom. The Morgan fingerprint density at radius 1 is 1.02 bits per heavy atom. The topological polar surface area (TPSA) is 70.3 Å². The fourth-order valence-corrected chi connectivity index (χ4v) is 7.98. The maximum absolute atomic E-state index is 15.8. The first-order valence-corrected chi connectivity index (χ1v) is 17.4. The highest BCUT2D eigenvalue weighted by atomic mass is 32.1. The minimum atomic E-state index is -0.171. The molecule has 4 heterocycles. The first kappa shape index (κ1) is 33.1. The number of rotatable bonds is 12. The number of benzene rings is 1. The Balaban J connectivity index is 1.58. The van der Waals surface area contributed by atoms with Gasteiger partial charge in [-0.1, -0.05) is 47.1 Å². The van der Waals surface area contributed by atoms with E-state index in [-0.39, 0.29) is 18.0 Å². The quantitative estimate of drug-likeness (QED) is 0.158. The number of aryl methyl sites for hydroxylation is 2. The summed E-state index contributed by atoms with van der Waals surface area (Å²) >= 11 is 1.41. The van der Waals surface area contributed by atoms with E-state index in [4.69, 9.17) is 14.3 Å². The molecule has 4 aromatic rings. The number of piperazine rings is 1. The van der Waals surface area contributed by atoms with Gasteiger partial charge >= 0.3 is 0 Å². The summed E-state index contributed by atoms with van der Waals surface area (Å²) in [6.07, 6.45) is 6.24. The normalized spacial score (nSPS) is 14.9. The van der Waals surface area contributed by atoms with Crippen molar-refractivity contribution in [1.29, 1.82) is 0 Å². The number of halogens is 1. The summed E-state index contributed by atoms with van der Waals surface area (Å²) in [4.78, 5) is 14.9. The Morgan fingerprint density at radius 2 is 1.76 bits per heavy atom. The molecule has 1 N–H and O–H groups in total. The van der Waals surface area contributed by atoms with E-state index in [0.29, 0.717) is 12.5 Å². The lowest BCUT2D eigenvalue weighted by Crippen LogP contribution is -2.50. The van der Waals surface area contributed by atoms with E-state index in [1.807, 2.05) is 14.0 Å². The molecule has 1 fully saturated rings. The molecule has 0 amide bonds. The van der Waals surface area contributed by atoms with Crippen LogP contribution in [0, 0.1) is 19.7 Å². The van der Waals surface area contributed by atoms with Gasteiger partial charge in [-0.2, -0.15) is 9.36 Å². The van der Waals surface area contributed by atoms with Gasteiger partial charge in [-0.3, -0.25) is 4.90 Å². The molecule has 1 saturated heterocycles. The SMILES string of the molecule is C=C(O)Cc1c(C)nc2c(cc(-c3nc(N4CCN(C(CC)CCC)CC4)ns3)n2C)c1-c1cc(F)c(CCC)c(CC)c1C. The van der Waals surface area contributed by atoms with Crippen molar-refractivity contribution >= 4 is 28.5 Å². The van der Waals surface area contributed by atoms with Gasteiger partial charge in [0.25, 0.3) is 0 Å². The first-order chi connectivity index (χ1) is 21.6. The molecule has 3 aromatic heterocycles. The number of fused-ring (bicyclic) bond motifs is 1. The second-order valence-corrected chi connectivity index (χ2v) is 13.2. The number of aromatic nitrogens is 4. The van der Waals surface area contributed by atoms with Crippen LogP contribution < -0.4 is 4.90 Å². The van der Waals surface area contributed by atoms with E-state index in [2.05, 4.69) is 61.6 Å². The molecular formula is C36H49FN6OS. The Hall–Kier alpha value is -3.30. The molecular weight excluding hydrogens is 584 g/mol. The molecule has 1 unspecified atom stereocenters. The maximum atomic E-state index is 15.8. The molecule has 1 aromatic carbocycles. The summed E-state index contributed by atoms with van der Waals surface area (Å²) in [5, 5.41) is 12.1. The maximum Gasteiger partial charge on any atom is 0.237 e. The van der Waals surface area contributed by atoms with Gasteiger partial charge in [0.1, 0.15) is 11.5 Å². The van der Waals surface area contributed by atoms with Gasteiger partial charge in [0.15, 0.2) is 5.01 Å². The van der Waals surface area contributed by atoms with E-state index in [0.717, 1.165) is 106 Å². The number of pyridine rings is 1. The molecule has 0 aliphatic carbocycles. The average Bonchev–Trinajstić information content (AvgIpc) is 3.63. The second-order valence-electron chi connectivity index (χ2n) is 12.5. The largest absolute Gasteiger partial charge is 0.513 e. The summed E-state index contributed by atoms with van der Waals surface area (Å²) in [6, 6.07) is 4.46. The van der Waals surface area contributed by atoms with Crippen LogP contribution in [0.4, 0.5) is 10.3 Å². The third kappa shape index (κ3) is 6.39. The van der Waals surface area contributed by atoms with Gasteiger partial charge in [-0.05, 0) is 96.6 Å². The zero-order valence-electron chi connectivity index (χ0n) is 28.1. The predicted molar refractivity (Wildman–Crippen MR) is 186 cm³/mol. The molecule has 1 aliphatic heterocycles. The van der Waals surface area contributed by atoms with Gasteiger partial charge < -0.3 is 14.6 Å². The lowest BCUT2D eigenvalue weighted by atomic mass is 9.86. The summed E-state index contributed by atoms with van der Waals surface area (Å²) in [5.41, 5.74) is 8.07. The average molecular weight is 633 g/mol. The van der Waals surface area contributed by atoms with E-state index < -0.39 is 0 Å². The van der Waals surface area contributed by atoms with Gasteiger partial charge in [-0.15, -0.1) is 0 Å². The van der Waals surface area contributed by atoms with Crippen LogP contribution in [0.2, 0.25) is 0 Å². The number of hydrogen-bond acceptors (Lipinski definition) is 7. The van der Waals surface area contributed by atoms with Crippen molar-refractivity contribution in [2.24, 2.45) is 7.05 Å². The first-order valence-electron chi connectivity index (χ1n) is 16.6. The van der Waals surface area contributed by atoms with Crippen molar-refractivity contribution in [2.45, 2.75) is 92.5 Å². The Kier molecular flexibility index (Phi) is 10.3. The molecule has 242 valence electrons. The minimum Gasteiger partial charge on any atom is -0.513 e. The summed E-state index contributed by atoms with van der Waals surface area (Å²) in [6.45, 7) is 20.5. The van der Waals surface area contributed by atoms with E-state index in [1.165, 1.54) is 30.8 Å². The van der Waals surface area contributed by atoms with Crippen LogP contribution in [0.25, 0.3) is 32.9 Å². The highest BCUT2D eigenvalue weighted by Crippen LogP contribution is 2.41. The molecule has 1 atom stereocenters. The van der Waals surface area contributed by atoms with Crippen molar-refractivity contribution in [1.82, 2.24) is 23.8 Å². The fourth-order valence-electron chi connectivity index (χ4n) is 7.24. The number of aliphatic hydroxyl groups excluding tert-OH is 1. The third-order valence-corrected chi connectivity index (χ3v) is 10.3. The van der Waals surface area contributed by atoms with E-state index >= 15 is 4.39 Å². The van der Waals surface area contributed by atoms with Crippen LogP contribution in [0.3, 0.4) is 0 Å². The smallest absolute Gasteiger partial charge is 0.237 e. The van der Waals surface area contributed by atoms with Gasteiger partial charge in [0.05, 0.1) is 11.5 Å². The number of aliphatic hydroxyl groups is 1. The molecule has 5 rings (SSSR count). The fraction of sp³-hybridized carbons (Fsp3) is 0.528. The molecule has 45 heavy (non-hydrogen) atoms. The van der Waals surface area contributed by atoms with Gasteiger partial charge in [0.2, 0.25) is 5.95 Å². The van der Waals surface area contributed by atoms with Crippen molar-refractivity contribution < 1.29 is 9.50 Å². The van der Waals surface area contributed by atoms with Gasteiger partial charge in [-0.25, -0.2) is 9.37 Å². The standard InChI is InChI=1S/C36H49FN6OS/c1-9-13-25(11-3)42-15-17-43(18-16-42)36-39-35(45-40-36)32-21-30-33(29(19-22(5)44)24(7)38-34(30)41(32)8)28-20-31(37)27(14-10-2)26(12-4)23(28)6/h20-21,25,44H,5,9-19H2,1-4,6-8H3. The lowest BCUT2D eigenvalue weighted by Gasteiger charge is -2.38. The second kappa shape index (κ2) is 14.0. The zero-order chi connectivity index (χ0) is 32.4. The molecule has 0 bridgehead atoms.